The Kier molecular flexibility index (Phi) is 19.9. The maximum Gasteiger partial charge on any atom is 0.414 e. The van der Waals surface area contributed by atoms with Gasteiger partial charge in [0, 0.05) is 0 Å². The number of hydrogen-bond donors (Lipinski definition) is 8. The average Bonchev–Trinajstić information content (AvgIpc) is 2.53. The van der Waals surface area contributed by atoms with Crippen LogP contribution in [-0.4, -0.2) is 69.5 Å². The maximum atomic E-state index is 10.1. The van der Waals surface area contributed by atoms with Crippen LogP contribution in [0.1, 0.15) is 32.1 Å². The van der Waals surface area contributed by atoms with Gasteiger partial charge in [0.2, 0.25) is 0 Å². The maximum absolute atomic E-state index is 10.1. The molecule has 0 spiro atoms. The fraction of sp³-hybridized carbons (Fsp3) is 0.692. The SMILES string of the molecule is NCCCC(N)C(=O)O.NCCCCC(N)C(=O)O.O=C(O)C(=O)O. The Hall–Kier alpha value is -2.28. The molecule has 12 nitrogen and oxygen atoms in total. The minimum atomic E-state index is -1.82. The van der Waals surface area contributed by atoms with Gasteiger partial charge in [0.15, 0.2) is 0 Å². The molecule has 0 aromatic rings. The van der Waals surface area contributed by atoms with Gasteiger partial charge in [-0.15, -0.1) is 0 Å². The van der Waals surface area contributed by atoms with E-state index in [0.717, 1.165) is 12.8 Å². The summed E-state index contributed by atoms with van der Waals surface area (Å²) in [4.78, 5) is 38.4. The highest BCUT2D eigenvalue weighted by Gasteiger charge is 2.09. The first kappa shape index (κ1) is 27.6. The number of rotatable bonds is 9. The molecule has 0 heterocycles. The molecule has 0 rings (SSSR count). The lowest BCUT2D eigenvalue weighted by Crippen LogP contribution is -2.30. The van der Waals surface area contributed by atoms with Crippen LogP contribution in [0.3, 0.4) is 0 Å². The van der Waals surface area contributed by atoms with Gasteiger partial charge in [-0.05, 0) is 38.8 Å². The van der Waals surface area contributed by atoms with Crippen molar-refractivity contribution in [3.63, 3.8) is 0 Å². The predicted octanol–water partition coefficient (Wildman–Crippen LogP) is -2.18. The summed E-state index contributed by atoms with van der Waals surface area (Å²) in [7, 11) is 0. The third kappa shape index (κ3) is 24.1. The van der Waals surface area contributed by atoms with Crippen LogP contribution in [-0.2, 0) is 19.2 Å². The highest BCUT2D eigenvalue weighted by Crippen LogP contribution is 1.97. The van der Waals surface area contributed by atoms with Crippen molar-refractivity contribution >= 4 is 23.9 Å². The summed E-state index contributed by atoms with van der Waals surface area (Å²) in [5.74, 6) is -5.54. The molecule has 0 saturated heterocycles. The quantitative estimate of drug-likeness (QED) is 0.160. The Morgan fingerprint density at radius 3 is 1.20 bits per heavy atom. The third-order valence-corrected chi connectivity index (χ3v) is 2.51. The summed E-state index contributed by atoms with van der Waals surface area (Å²) in [6, 6.07) is -1.46. The Labute approximate surface area is 144 Å². The van der Waals surface area contributed by atoms with E-state index in [9.17, 15) is 9.59 Å². The van der Waals surface area contributed by atoms with Crippen molar-refractivity contribution in [2.24, 2.45) is 22.9 Å². The van der Waals surface area contributed by atoms with E-state index in [4.69, 9.17) is 52.9 Å². The van der Waals surface area contributed by atoms with Crippen molar-refractivity contribution in [1.82, 2.24) is 0 Å². The number of hydrogen-bond acceptors (Lipinski definition) is 8. The molecule has 2 atom stereocenters. The van der Waals surface area contributed by atoms with Crippen LogP contribution < -0.4 is 22.9 Å². The number of nitrogens with two attached hydrogens (primary N) is 4. The summed E-state index contributed by atoms with van der Waals surface area (Å²) >= 11 is 0. The van der Waals surface area contributed by atoms with Crippen molar-refractivity contribution in [3.8, 4) is 0 Å². The molecule has 0 aliphatic heterocycles. The van der Waals surface area contributed by atoms with E-state index >= 15 is 0 Å². The summed E-state index contributed by atoms with van der Waals surface area (Å²) in [5, 5.41) is 31.4. The van der Waals surface area contributed by atoms with E-state index in [0.29, 0.717) is 32.4 Å². The predicted molar refractivity (Wildman–Crippen MR) is 87.7 cm³/mol. The summed E-state index contributed by atoms with van der Waals surface area (Å²) in [5.41, 5.74) is 20.7. The molecule has 2 unspecified atom stereocenters. The average molecular weight is 368 g/mol. The van der Waals surface area contributed by atoms with Gasteiger partial charge in [-0.1, -0.05) is 6.42 Å². The lowest BCUT2D eigenvalue weighted by molar-refractivity contribution is -0.159. The van der Waals surface area contributed by atoms with Crippen molar-refractivity contribution in [3.05, 3.63) is 0 Å². The van der Waals surface area contributed by atoms with Gasteiger partial charge < -0.3 is 43.4 Å². The van der Waals surface area contributed by atoms with E-state index in [1.165, 1.54) is 0 Å². The second-order valence-electron chi connectivity index (χ2n) is 4.72. The van der Waals surface area contributed by atoms with Crippen molar-refractivity contribution in [1.29, 1.82) is 0 Å². The van der Waals surface area contributed by atoms with E-state index < -0.39 is 36.0 Å². The summed E-state index contributed by atoms with van der Waals surface area (Å²) in [6.45, 7) is 1.10. The number of aliphatic carboxylic acids is 4. The number of unbranched alkanes of at least 4 members (excludes halogenated alkanes) is 1. The topological polar surface area (TPSA) is 253 Å². The smallest absolute Gasteiger partial charge is 0.414 e. The Morgan fingerprint density at radius 2 is 0.960 bits per heavy atom. The van der Waals surface area contributed by atoms with Gasteiger partial charge in [0.25, 0.3) is 0 Å². The minimum absolute atomic E-state index is 0.464. The highest BCUT2D eigenvalue weighted by molar-refractivity contribution is 6.27. The second kappa shape index (κ2) is 18.1. The van der Waals surface area contributed by atoms with Crippen molar-refractivity contribution in [2.75, 3.05) is 13.1 Å². The fourth-order valence-electron chi connectivity index (χ4n) is 1.09. The first-order chi connectivity index (χ1) is 11.5. The fourth-order valence-corrected chi connectivity index (χ4v) is 1.09. The van der Waals surface area contributed by atoms with Crippen LogP contribution in [0.15, 0.2) is 0 Å². The monoisotopic (exact) mass is 368 g/mol. The molecular formula is C13H28N4O8. The molecule has 12 heteroatoms. The molecule has 0 aromatic heterocycles. The molecule has 0 radical (unpaired) electrons. The van der Waals surface area contributed by atoms with Gasteiger partial charge in [-0.25, -0.2) is 9.59 Å². The molecule has 12 N–H and O–H groups in total. The lowest BCUT2D eigenvalue weighted by Gasteiger charge is -2.03. The molecule has 0 amide bonds. The number of carbonyl (C=O) groups is 4. The van der Waals surface area contributed by atoms with Crippen LogP contribution in [0, 0.1) is 0 Å². The van der Waals surface area contributed by atoms with E-state index in [1.54, 1.807) is 0 Å². The van der Waals surface area contributed by atoms with Crippen molar-refractivity contribution < 1.29 is 39.6 Å². The molecule has 0 fully saturated rings. The standard InChI is InChI=1S/C6H14N2O2.C5H12N2O2.C2H2O4/c7-4-2-1-3-5(8)6(9)10;6-3-1-2-4(7)5(8)9;3-1(4)2(5)6/h5H,1-4,7-8H2,(H,9,10);4H,1-3,6-7H2,(H,8,9);(H,3,4)(H,5,6). The normalized spacial score (nSPS) is 11.7. The molecule has 0 aliphatic rings. The van der Waals surface area contributed by atoms with Gasteiger partial charge in [0.05, 0.1) is 0 Å². The molecule has 0 saturated carbocycles. The first-order valence-corrected chi connectivity index (χ1v) is 7.34. The van der Waals surface area contributed by atoms with Crippen molar-refractivity contribution in [2.45, 2.75) is 44.2 Å². The largest absolute Gasteiger partial charge is 0.480 e. The van der Waals surface area contributed by atoms with Gasteiger partial charge >= 0.3 is 23.9 Å². The molecule has 25 heavy (non-hydrogen) atoms. The Morgan fingerprint density at radius 1 is 0.640 bits per heavy atom. The third-order valence-electron chi connectivity index (χ3n) is 2.51. The Bertz CT molecular complexity index is 393. The zero-order valence-electron chi connectivity index (χ0n) is 13.8. The highest BCUT2D eigenvalue weighted by atomic mass is 16.4. The second-order valence-corrected chi connectivity index (χ2v) is 4.72. The summed E-state index contributed by atoms with van der Waals surface area (Å²) in [6.07, 6.45) is 3.30. The first-order valence-electron chi connectivity index (χ1n) is 7.34. The Balaban J connectivity index is -0.000000300. The molecular weight excluding hydrogens is 340 g/mol. The zero-order chi connectivity index (χ0) is 20.4. The van der Waals surface area contributed by atoms with Gasteiger partial charge in [0.1, 0.15) is 12.1 Å². The van der Waals surface area contributed by atoms with Crippen LogP contribution in [0.5, 0.6) is 0 Å². The van der Waals surface area contributed by atoms with Crippen LogP contribution in [0.2, 0.25) is 0 Å². The van der Waals surface area contributed by atoms with Gasteiger partial charge in [-0.3, -0.25) is 9.59 Å². The van der Waals surface area contributed by atoms with Crippen LogP contribution in [0.25, 0.3) is 0 Å². The van der Waals surface area contributed by atoms with Gasteiger partial charge in [-0.2, -0.15) is 0 Å². The molecule has 0 bridgehead atoms. The van der Waals surface area contributed by atoms with Crippen LogP contribution >= 0.6 is 0 Å². The van der Waals surface area contributed by atoms with E-state index in [1.807, 2.05) is 0 Å². The summed E-state index contributed by atoms with van der Waals surface area (Å²) < 4.78 is 0. The molecule has 148 valence electrons. The zero-order valence-corrected chi connectivity index (χ0v) is 13.8. The molecule has 0 aromatic carbocycles. The number of carboxylic acids is 4. The van der Waals surface area contributed by atoms with Crippen LogP contribution in [0.4, 0.5) is 0 Å². The van der Waals surface area contributed by atoms with E-state index in [2.05, 4.69) is 0 Å². The van der Waals surface area contributed by atoms with E-state index in [-0.39, 0.29) is 0 Å². The lowest BCUT2D eigenvalue weighted by atomic mass is 10.1. The number of carboxylic acid groups (broad SMARTS) is 4. The minimum Gasteiger partial charge on any atom is -0.480 e. The molecule has 0 aliphatic carbocycles.